The Bertz CT molecular complexity index is 142. The van der Waals surface area contributed by atoms with Gasteiger partial charge in [-0.25, -0.2) is 0 Å². The van der Waals surface area contributed by atoms with E-state index >= 15 is 0 Å². The van der Waals surface area contributed by atoms with Crippen LogP contribution in [0.4, 0.5) is 0 Å². The van der Waals surface area contributed by atoms with Crippen molar-refractivity contribution in [3.63, 3.8) is 0 Å². The van der Waals surface area contributed by atoms with Crippen LogP contribution in [0, 0.1) is 0 Å². The lowest BCUT2D eigenvalue weighted by Gasteiger charge is -2.21. The Hall–Kier alpha value is -0.280. The Kier molecular flexibility index (Phi) is 6.39. The summed E-state index contributed by atoms with van der Waals surface area (Å²) in [7, 11) is 0. The van der Waals surface area contributed by atoms with E-state index in [1.165, 1.54) is 0 Å². The van der Waals surface area contributed by atoms with E-state index in [-0.39, 0.29) is 18.4 Å². The molecule has 0 fully saturated rings. The van der Waals surface area contributed by atoms with Crippen molar-refractivity contribution in [2.24, 2.45) is 5.73 Å². The maximum absolute atomic E-state index is 11.0. The molecule has 0 aliphatic carbocycles. The minimum atomic E-state index is -0.478. The molecule has 0 aromatic rings. The van der Waals surface area contributed by atoms with Gasteiger partial charge in [0.15, 0.2) is 0 Å². The average Bonchev–Trinajstić information content (AvgIpc) is 1.82. The third-order valence-corrected chi connectivity index (χ3v) is 1.15. The second-order valence-corrected chi connectivity index (χ2v) is 3.55. The van der Waals surface area contributed by atoms with Gasteiger partial charge in [-0.3, -0.25) is 4.79 Å². The van der Waals surface area contributed by atoms with E-state index in [1.54, 1.807) is 0 Å². The van der Waals surface area contributed by atoms with Crippen molar-refractivity contribution in [2.75, 3.05) is 0 Å². The molecule has 0 heterocycles. The van der Waals surface area contributed by atoms with E-state index in [0.717, 1.165) is 0 Å². The molecule has 0 rings (SSSR count). The molecular weight excluding hydrogens is 178 g/mol. The van der Waals surface area contributed by atoms with Crippen LogP contribution >= 0.6 is 12.4 Å². The molecule has 3 nitrogen and oxygen atoms in total. The van der Waals surface area contributed by atoms with Crippen LogP contribution in [0.2, 0.25) is 0 Å². The Morgan fingerprint density at radius 3 is 2.17 bits per heavy atom. The van der Waals surface area contributed by atoms with Crippen molar-refractivity contribution >= 4 is 18.4 Å². The van der Waals surface area contributed by atoms with Crippen molar-refractivity contribution in [1.29, 1.82) is 0 Å². The zero-order chi connectivity index (χ0) is 9.07. The van der Waals surface area contributed by atoms with E-state index in [0.29, 0.717) is 6.42 Å². The number of carbonyl (C=O) groups is 1. The van der Waals surface area contributed by atoms with Gasteiger partial charge < -0.3 is 10.5 Å². The molecule has 12 heavy (non-hydrogen) atoms. The molecule has 0 radical (unpaired) electrons. The van der Waals surface area contributed by atoms with Crippen LogP contribution in [0.5, 0.6) is 0 Å². The zero-order valence-electron chi connectivity index (χ0n) is 8.09. The Morgan fingerprint density at radius 2 is 1.92 bits per heavy atom. The smallest absolute Gasteiger partial charge is 0.323 e. The van der Waals surface area contributed by atoms with Crippen LogP contribution in [-0.2, 0) is 9.53 Å². The molecule has 0 bridgehead atoms. The Morgan fingerprint density at radius 1 is 1.50 bits per heavy atom. The minimum Gasteiger partial charge on any atom is -0.459 e. The van der Waals surface area contributed by atoms with Crippen molar-refractivity contribution in [3.05, 3.63) is 0 Å². The molecule has 2 N–H and O–H groups in total. The summed E-state index contributed by atoms with van der Waals surface area (Å²) in [6.45, 7) is 7.34. The lowest BCUT2D eigenvalue weighted by molar-refractivity contribution is -0.156. The average molecular weight is 196 g/mol. The normalized spacial score (nSPS) is 13.1. The molecule has 0 amide bonds. The van der Waals surface area contributed by atoms with Crippen LogP contribution in [0.3, 0.4) is 0 Å². The number of halogens is 1. The molecule has 0 saturated heterocycles. The third kappa shape index (κ3) is 6.43. The molecule has 0 saturated carbocycles. The number of esters is 1. The predicted octanol–water partition coefficient (Wildman–Crippen LogP) is 1.49. The number of hydrogen-bond acceptors (Lipinski definition) is 3. The van der Waals surface area contributed by atoms with Gasteiger partial charge in [0.2, 0.25) is 0 Å². The van der Waals surface area contributed by atoms with Crippen molar-refractivity contribution in [1.82, 2.24) is 0 Å². The maximum atomic E-state index is 11.0. The predicted molar refractivity (Wildman–Crippen MR) is 51.4 cm³/mol. The van der Waals surface area contributed by atoms with Gasteiger partial charge >= 0.3 is 5.97 Å². The molecule has 0 aromatic heterocycles. The van der Waals surface area contributed by atoms with Crippen molar-refractivity contribution in [2.45, 2.75) is 45.8 Å². The van der Waals surface area contributed by atoms with E-state index in [9.17, 15) is 4.79 Å². The second-order valence-electron chi connectivity index (χ2n) is 3.55. The van der Waals surface area contributed by atoms with E-state index in [2.05, 4.69) is 0 Å². The van der Waals surface area contributed by atoms with Gasteiger partial charge in [0, 0.05) is 0 Å². The van der Waals surface area contributed by atoms with Gasteiger partial charge in [-0.2, -0.15) is 0 Å². The monoisotopic (exact) mass is 195 g/mol. The summed E-state index contributed by atoms with van der Waals surface area (Å²) < 4.78 is 5.03. The van der Waals surface area contributed by atoms with Crippen molar-refractivity contribution < 1.29 is 9.53 Å². The molecule has 0 aromatic carbocycles. The highest BCUT2D eigenvalue weighted by Gasteiger charge is 2.20. The van der Waals surface area contributed by atoms with Gasteiger partial charge in [-0.15, -0.1) is 12.4 Å². The zero-order valence-corrected chi connectivity index (χ0v) is 8.90. The minimum absolute atomic E-state index is 0. The summed E-state index contributed by atoms with van der Waals surface area (Å²) >= 11 is 0. The Balaban J connectivity index is 0. The molecule has 0 spiro atoms. The number of ether oxygens (including phenoxy) is 1. The number of nitrogens with two attached hydrogens (primary N) is 1. The van der Waals surface area contributed by atoms with Gasteiger partial charge in [0.1, 0.15) is 11.6 Å². The van der Waals surface area contributed by atoms with Crippen LogP contribution in [0.25, 0.3) is 0 Å². The van der Waals surface area contributed by atoms with E-state index < -0.39 is 11.6 Å². The largest absolute Gasteiger partial charge is 0.459 e. The molecule has 0 aliphatic heterocycles. The fourth-order valence-corrected chi connectivity index (χ4v) is 0.544. The highest BCUT2D eigenvalue weighted by Crippen LogP contribution is 2.08. The molecule has 74 valence electrons. The number of carbonyl (C=O) groups excluding carboxylic acids is 1. The summed E-state index contributed by atoms with van der Waals surface area (Å²) in [5, 5.41) is 0. The van der Waals surface area contributed by atoms with Crippen LogP contribution in [0.1, 0.15) is 34.1 Å². The summed E-state index contributed by atoms with van der Waals surface area (Å²) in [6, 6.07) is -0.478. The maximum Gasteiger partial charge on any atom is 0.323 e. The summed E-state index contributed by atoms with van der Waals surface area (Å²) in [4.78, 5) is 11.0. The number of rotatable bonds is 2. The highest BCUT2D eigenvalue weighted by molar-refractivity contribution is 5.85. The van der Waals surface area contributed by atoms with Crippen LogP contribution < -0.4 is 5.73 Å². The van der Waals surface area contributed by atoms with Gasteiger partial charge in [0.25, 0.3) is 0 Å². The van der Waals surface area contributed by atoms with Gasteiger partial charge in [-0.1, -0.05) is 6.92 Å². The fourth-order valence-electron chi connectivity index (χ4n) is 0.544. The van der Waals surface area contributed by atoms with E-state index in [4.69, 9.17) is 10.5 Å². The summed E-state index contributed by atoms with van der Waals surface area (Å²) in [5.74, 6) is -0.319. The SMILES string of the molecule is CC[C@H](N)C(=O)OC(C)(C)C.Cl. The fraction of sp³-hybridized carbons (Fsp3) is 0.875. The molecule has 1 atom stereocenters. The molecule has 0 unspecified atom stereocenters. The molecule has 4 heteroatoms. The van der Waals surface area contributed by atoms with Crippen LogP contribution in [0.15, 0.2) is 0 Å². The van der Waals surface area contributed by atoms with Gasteiger partial charge in [0.05, 0.1) is 0 Å². The topological polar surface area (TPSA) is 52.3 Å². The first kappa shape index (κ1) is 14.3. The second kappa shape index (κ2) is 5.38. The summed E-state index contributed by atoms with van der Waals surface area (Å²) in [5.41, 5.74) is 5.02. The highest BCUT2D eigenvalue weighted by atomic mass is 35.5. The molecule has 0 aliphatic rings. The lowest BCUT2D eigenvalue weighted by Crippen LogP contribution is -2.36. The third-order valence-electron chi connectivity index (χ3n) is 1.15. The summed E-state index contributed by atoms with van der Waals surface area (Å²) in [6.07, 6.45) is 0.620. The van der Waals surface area contributed by atoms with E-state index in [1.807, 2.05) is 27.7 Å². The first-order valence-electron chi connectivity index (χ1n) is 3.85. The quantitative estimate of drug-likeness (QED) is 0.680. The Labute approximate surface area is 80.1 Å². The lowest BCUT2D eigenvalue weighted by atomic mass is 10.2. The molecular formula is C8H18ClNO2. The van der Waals surface area contributed by atoms with Gasteiger partial charge in [-0.05, 0) is 27.2 Å². The van der Waals surface area contributed by atoms with Crippen LogP contribution in [-0.4, -0.2) is 17.6 Å². The number of hydrogen-bond donors (Lipinski definition) is 1. The first-order valence-corrected chi connectivity index (χ1v) is 3.85. The first-order chi connectivity index (χ1) is 4.87. The van der Waals surface area contributed by atoms with Crippen molar-refractivity contribution in [3.8, 4) is 0 Å². The standard InChI is InChI=1S/C8H17NO2.ClH/c1-5-6(9)7(10)11-8(2,3)4;/h6H,5,9H2,1-4H3;1H/t6-;/m0./s1.